The molecule has 1 rings (SSSR count). The molecule has 0 amide bonds. The molecular weight excluding hydrogens is 295 g/mol. The van der Waals surface area contributed by atoms with Crippen LogP contribution in [-0.4, -0.2) is 19.7 Å². The summed E-state index contributed by atoms with van der Waals surface area (Å²) in [5.41, 5.74) is 12.6. The van der Waals surface area contributed by atoms with Gasteiger partial charge >= 0.3 is 0 Å². The third-order valence-corrected chi connectivity index (χ3v) is 4.04. The average Bonchev–Trinajstić information content (AvgIpc) is 2.43. The van der Waals surface area contributed by atoms with Crippen molar-refractivity contribution in [2.45, 2.75) is 32.6 Å². The molecule has 0 radical (unpaired) electrons. The van der Waals surface area contributed by atoms with Crippen LogP contribution in [0.1, 0.15) is 38.2 Å². The first-order chi connectivity index (χ1) is 9.57. The van der Waals surface area contributed by atoms with Gasteiger partial charge in [-0.2, -0.15) is 0 Å². The molecule has 0 saturated carbocycles. The summed E-state index contributed by atoms with van der Waals surface area (Å²) in [4.78, 5) is 0. The lowest BCUT2D eigenvalue weighted by atomic mass is 9.86. The molecule has 0 bridgehead atoms. The van der Waals surface area contributed by atoms with Crippen molar-refractivity contribution in [1.29, 1.82) is 0 Å². The summed E-state index contributed by atoms with van der Waals surface area (Å²) < 4.78 is 5.70. The van der Waals surface area contributed by atoms with E-state index in [0.717, 1.165) is 24.2 Å². The lowest BCUT2D eigenvalue weighted by Crippen LogP contribution is -2.25. The van der Waals surface area contributed by atoms with E-state index in [1.54, 1.807) is 6.07 Å². The van der Waals surface area contributed by atoms with Gasteiger partial charge in [0.05, 0.1) is 11.6 Å². The zero-order chi connectivity index (χ0) is 15.1. The Morgan fingerprint density at radius 2 is 1.80 bits per heavy atom. The maximum Gasteiger partial charge on any atom is 0.141 e. The van der Waals surface area contributed by atoms with Crippen LogP contribution in [0.5, 0.6) is 5.75 Å². The number of ether oxygens (including phenoxy) is 1. The Morgan fingerprint density at radius 1 is 1.15 bits per heavy atom. The van der Waals surface area contributed by atoms with E-state index in [1.807, 2.05) is 13.0 Å². The Bertz CT molecular complexity index is 423. The van der Waals surface area contributed by atoms with E-state index in [0.29, 0.717) is 41.6 Å². The molecule has 0 aliphatic heterocycles. The van der Waals surface area contributed by atoms with Gasteiger partial charge in [0, 0.05) is 10.6 Å². The van der Waals surface area contributed by atoms with Gasteiger partial charge in [-0.1, -0.05) is 30.1 Å². The van der Waals surface area contributed by atoms with Crippen LogP contribution >= 0.6 is 23.2 Å². The largest absolute Gasteiger partial charge is 0.492 e. The Kier molecular flexibility index (Phi) is 7.67. The summed E-state index contributed by atoms with van der Waals surface area (Å²) in [6.45, 7) is 5.83. The van der Waals surface area contributed by atoms with Gasteiger partial charge < -0.3 is 16.2 Å². The van der Waals surface area contributed by atoms with E-state index < -0.39 is 0 Å². The topological polar surface area (TPSA) is 61.3 Å². The minimum absolute atomic E-state index is 0.296. The number of hydrogen-bond acceptors (Lipinski definition) is 3. The first kappa shape index (κ1) is 17.6. The van der Waals surface area contributed by atoms with Crippen LogP contribution in [0, 0.1) is 5.92 Å². The smallest absolute Gasteiger partial charge is 0.141 e. The zero-order valence-electron chi connectivity index (χ0n) is 12.2. The van der Waals surface area contributed by atoms with Crippen molar-refractivity contribution in [2.75, 3.05) is 19.7 Å². The monoisotopic (exact) mass is 318 g/mol. The number of hydrogen-bond donors (Lipinski definition) is 2. The van der Waals surface area contributed by atoms with Gasteiger partial charge in [0.25, 0.3) is 0 Å². The fourth-order valence-corrected chi connectivity index (χ4v) is 2.95. The van der Waals surface area contributed by atoms with Crippen molar-refractivity contribution in [3.63, 3.8) is 0 Å². The van der Waals surface area contributed by atoms with E-state index in [4.69, 9.17) is 39.4 Å². The molecule has 114 valence electrons. The predicted molar refractivity (Wildman–Crippen MR) is 86.9 cm³/mol. The Labute approximate surface area is 131 Å². The lowest BCUT2D eigenvalue weighted by Gasteiger charge is -2.24. The van der Waals surface area contributed by atoms with Gasteiger partial charge in [0.1, 0.15) is 5.75 Å². The van der Waals surface area contributed by atoms with Crippen LogP contribution < -0.4 is 16.2 Å². The highest BCUT2D eigenvalue weighted by Crippen LogP contribution is 2.40. The molecule has 0 aromatic heterocycles. The molecule has 1 aromatic carbocycles. The Balaban J connectivity index is 3.12. The maximum atomic E-state index is 6.26. The Hall–Kier alpha value is -0.480. The van der Waals surface area contributed by atoms with Crippen molar-refractivity contribution < 1.29 is 4.74 Å². The number of halogens is 2. The summed E-state index contributed by atoms with van der Waals surface area (Å²) in [5.74, 6) is 1.33. The fourth-order valence-electron chi connectivity index (χ4n) is 2.38. The quantitative estimate of drug-likeness (QED) is 0.766. The summed E-state index contributed by atoms with van der Waals surface area (Å²) in [5, 5.41) is 1.19. The van der Waals surface area contributed by atoms with Gasteiger partial charge in [-0.3, -0.25) is 0 Å². The van der Waals surface area contributed by atoms with Crippen LogP contribution in [0.25, 0.3) is 0 Å². The van der Waals surface area contributed by atoms with Crippen molar-refractivity contribution in [3.8, 4) is 5.75 Å². The summed E-state index contributed by atoms with van der Waals surface area (Å²) in [6, 6.07) is 3.66. The van der Waals surface area contributed by atoms with Crippen LogP contribution in [-0.2, 0) is 0 Å². The molecule has 1 atom stereocenters. The van der Waals surface area contributed by atoms with E-state index >= 15 is 0 Å². The van der Waals surface area contributed by atoms with Crippen molar-refractivity contribution in [2.24, 2.45) is 17.4 Å². The van der Waals surface area contributed by atoms with Gasteiger partial charge in [-0.25, -0.2) is 0 Å². The second-order valence-electron chi connectivity index (χ2n) is 4.92. The minimum atomic E-state index is 0.296. The molecule has 0 spiro atoms. The van der Waals surface area contributed by atoms with Gasteiger partial charge in [0.15, 0.2) is 0 Å². The molecule has 0 fully saturated rings. The number of benzene rings is 1. The first-order valence-electron chi connectivity index (χ1n) is 7.09. The summed E-state index contributed by atoms with van der Waals surface area (Å²) >= 11 is 12.4. The molecule has 3 nitrogen and oxygen atoms in total. The highest BCUT2D eigenvalue weighted by molar-refractivity contribution is 6.35. The van der Waals surface area contributed by atoms with E-state index in [1.165, 1.54) is 0 Å². The second kappa shape index (κ2) is 8.73. The molecule has 4 N–H and O–H groups in total. The standard InChI is InChI=1S/C15H24Cl2N2O/c1-3-11(5-10(8-18)9-19)13-6-12(16)7-14(17)15(13)20-4-2/h6-7,10-11H,3-5,8-9,18-19H2,1-2H3. The van der Waals surface area contributed by atoms with Crippen LogP contribution in [0.4, 0.5) is 0 Å². The highest BCUT2D eigenvalue weighted by Gasteiger charge is 2.21. The van der Waals surface area contributed by atoms with Gasteiger partial charge in [-0.15, -0.1) is 0 Å². The molecule has 0 heterocycles. The molecule has 5 heteroatoms. The third kappa shape index (κ3) is 4.52. The summed E-state index contributed by atoms with van der Waals surface area (Å²) in [7, 11) is 0. The van der Waals surface area contributed by atoms with E-state index in [-0.39, 0.29) is 0 Å². The Morgan fingerprint density at radius 3 is 2.30 bits per heavy atom. The van der Waals surface area contributed by atoms with Crippen LogP contribution in [0.15, 0.2) is 12.1 Å². The number of nitrogens with two attached hydrogens (primary N) is 2. The second-order valence-corrected chi connectivity index (χ2v) is 5.76. The molecule has 0 aliphatic carbocycles. The number of rotatable bonds is 8. The normalized spacial score (nSPS) is 12.8. The third-order valence-electron chi connectivity index (χ3n) is 3.54. The zero-order valence-corrected chi connectivity index (χ0v) is 13.7. The van der Waals surface area contributed by atoms with Gasteiger partial charge in [0.2, 0.25) is 0 Å². The minimum Gasteiger partial charge on any atom is -0.492 e. The molecule has 1 unspecified atom stereocenters. The van der Waals surface area contributed by atoms with Gasteiger partial charge in [-0.05, 0) is 56.8 Å². The van der Waals surface area contributed by atoms with E-state index in [9.17, 15) is 0 Å². The van der Waals surface area contributed by atoms with Crippen LogP contribution in [0.3, 0.4) is 0 Å². The first-order valence-corrected chi connectivity index (χ1v) is 7.84. The molecule has 20 heavy (non-hydrogen) atoms. The fraction of sp³-hybridized carbons (Fsp3) is 0.600. The molecule has 0 aliphatic rings. The van der Waals surface area contributed by atoms with Crippen LogP contribution in [0.2, 0.25) is 10.0 Å². The van der Waals surface area contributed by atoms with E-state index in [2.05, 4.69) is 6.92 Å². The highest BCUT2D eigenvalue weighted by atomic mass is 35.5. The van der Waals surface area contributed by atoms with Crippen molar-refractivity contribution >= 4 is 23.2 Å². The maximum absolute atomic E-state index is 6.26. The predicted octanol–water partition coefficient (Wildman–Crippen LogP) is 3.81. The molecule has 1 aromatic rings. The average molecular weight is 319 g/mol. The lowest BCUT2D eigenvalue weighted by molar-refractivity contribution is 0.329. The molecule has 0 saturated heterocycles. The molecular formula is C15H24Cl2N2O. The van der Waals surface area contributed by atoms with Crippen molar-refractivity contribution in [1.82, 2.24) is 0 Å². The SMILES string of the molecule is CCOc1c(Cl)cc(Cl)cc1C(CC)CC(CN)CN. The summed E-state index contributed by atoms with van der Waals surface area (Å²) in [6.07, 6.45) is 1.88. The van der Waals surface area contributed by atoms with Crippen molar-refractivity contribution in [3.05, 3.63) is 27.7 Å².